The molecule has 0 bridgehead atoms. The van der Waals surface area contributed by atoms with Crippen LogP contribution in [0.15, 0.2) is 34.8 Å². The summed E-state index contributed by atoms with van der Waals surface area (Å²) in [7, 11) is 0. The molecular weight excluding hydrogens is 451 g/mol. The van der Waals surface area contributed by atoms with Crippen molar-refractivity contribution >= 4 is 45.0 Å². The van der Waals surface area contributed by atoms with Crippen LogP contribution in [-0.2, 0) is 4.79 Å². The lowest BCUT2D eigenvalue weighted by Crippen LogP contribution is -2.23. The van der Waals surface area contributed by atoms with Crippen LogP contribution in [0, 0.1) is 11.7 Å². The standard InChI is InChI=1S/C20H17BrClFN2O3/c21-10-6-14-17(16(7-10)24-19(27)9-1-3-12(26)5-9)18(25-20(14)28)13-8-11(23)2-4-15(13)22/h2,4,6-9,12,18,26H,1,3,5H2,(H,24,27)(H,25,28)/t9-,12+,18-/m1/s1. The Morgan fingerprint density at radius 3 is 2.79 bits per heavy atom. The van der Waals surface area contributed by atoms with Crippen LogP contribution in [0.5, 0.6) is 0 Å². The predicted molar refractivity (Wildman–Crippen MR) is 107 cm³/mol. The minimum atomic E-state index is -0.678. The topological polar surface area (TPSA) is 78.4 Å². The Hall–Kier alpha value is -1.96. The Morgan fingerprint density at radius 2 is 2.07 bits per heavy atom. The fourth-order valence-electron chi connectivity index (χ4n) is 3.90. The van der Waals surface area contributed by atoms with E-state index in [9.17, 15) is 19.1 Å². The van der Waals surface area contributed by atoms with Gasteiger partial charge in [0.2, 0.25) is 5.91 Å². The number of hydrogen-bond acceptors (Lipinski definition) is 3. The average Bonchev–Trinajstić information content (AvgIpc) is 3.21. The second kappa shape index (κ2) is 7.46. The van der Waals surface area contributed by atoms with Crippen LogP contribution in [0.4, 0.5) is 10.1 Å². The molecule has 4 rings (SSSR count). The van der Waals surface area contributed by atoms with Gasteiger partial charge < -0.3 is 15.7 Å². The summed E-state index contributed by atoms with van der Waals surface area (Å²) >= 11 is 9.63. The Bertz CT molecular complexity index is 984. The molecule has 1 heterocycles. The maximum atomic E-state index is 13.8. The van der Waals surface area contributed by atoms with Crippen LogP contribution in [0.25, 0.3) is 0 Å². The number of halogens is 3. The zero-order valence-corrected chi connectivity index (χ0v) is 17.0. The summed E-state index contributed by atoms with van der Waals surface area (Å²) in [5.41, 5.74) is 1.82. The number of nitrogens with one attached hydrogen (secondary N) is 2. The maximum absolute atomic E-state index is 13.8. The summed E-state index contributed by atoms with van der Waals surface area (Å²) < 4.78 is 14.5. The molecule has 2 amide bonds. The van der Waals surface area contributed by atoms with Crippen LogP contribution < -0.4 is 10.6 Å². The van der Waals surface area contributed by atoms with E-state index in [0.29, 0.717) is 51.1 Å². The highest BCUT2D eigenvalue weighted by atomic mass is 79.9. The van der Waals surface area contributed by atoms with Gasteiger partial charge in [-0.25, -0.2) is 4.39 Å². The first-order valence-electron chi connectivity index (χ1n) is 8.91. The molecule has 5 nitrogen and oxygen atoms in total. The molecule has 0 aromatic heterocycles. The van der Waals surface area contributed by atoms with Gasteiger partial charge >= 0.3 is 0 Å². The van der Waals surface area contributed by atoms with Crippen LogP contribution >= 0.6 is 27.5 Å². The second-order valence-corrected chi connectivity index (χ2v) is 8.46. The van der Waals surface area contributed by atoms with Crippen molar-refractivity contribution in [1.29, 1.82) is 0 Å². The van der Waals surface area contributed by atoms with Crippen molar-refractivity contribution in [1.82, 2.24) is 5.32 Å². The molecule has 2 aromatic rings. The van der Waals surface area contributed by atoms with Crippen molar-refractivity contribution in [2.75, 3.05) is 5.32 Å². The minimum Gasteiger partial charge on any atom is -0.393 e. The van der Waals surface area contributed by atoms with E-state index in [1.165, 1.54) is 18.2 Å². The molecule has 2 aliphatic rings. The van der Waals surface area contributed by atoms with Gasteiger partial charge in [-0.05, 0) is 49.6 Å². The highest BCUT2D eigenvalue weighted by Gasteiger charge is 2.36. The molecule has 1 saturated carbocycles. The zero-order valence-electron chi connectivity index (χ0n) is 14.6. The summed E-state index contributed by atoms with van der Waals surface area (Å²) in [5, 5.41) is 15.7. The van der Waals surface area contributed by atoms with E-state index in [1.54, 1.807) is 12.1 Å². The van der Waals surface area contributed by atoms with Gasteiger partial charge in [-0.1, -0.05) is 27.5 Å². The van der Waals surface area contributed by atoms with E-state index in [-0.39, 0.29) is 17.7 Å². The molecule has 1 aliphatic carbocycles. The predicted octanol–water partition coefficient (Wildman–Crippen LogP) is 4.17. The molecule has 0 spiro atoms. The molecular formula is C20H17BrClFN2O3. The van der Waals surface area contributed by atoms with Crippen molar-refractivity contribution in [2.45, 2.75) is 31.4 Å². The quantitative estimate of drug-likeness (QED) is 0.634. The highest BCUT2D eigenvalue weighted by Crippen LogP contribution is 2.41. The molecule has 0 radical (unpaired) electrons. The van der Waals surface area contributed by atoms with Gasteiger partial charge in [-0.3, -0.25) is 9.59 Å². The largest absolute Gasteiger partial charge is 0.393 e. The third-order valence-corrected chi connectivity index (χ3v) is 6.06. The molecule has 0 saturated heterocycles. The SMILES string of the molecule is O=C1N[C@H](c2cc(F)ccc2Cl)c2c(NC(=O)[C@@H]3CC[C@H](O)C3)cc(Br)cc21. The number of hydrogen-bond donors (Lipinski definition) is 3. The highest BCUT2D eigenvalue weighted by molar-refractivity contribution is 9.10. The van der Waals surface area contributed by atoms with Gasteiger partial charge in [0.05, 0.1) is 12.1 Å². The number of benzene rings is 2. The van der Waals surface area contributed by atoms with Gasteiger partial charge in [0.25, 0.3) is 5.91 Å². The van der Waals surface area contributed by atoms with Gasteiger partial charge in [-0.15, -0.1) is 0 Å². The Morgan fingerprint density at radius 1 is 1.29 bits per heavy atom. The summed E-state index contributed by atoms with van der Waals surface area (Å²) in [5.74, 6) is -1.29. The Labute approximate surface area is 174 Å². The summed E-state index contributed by atoms with van der Waals surface area (Å²) in [6.45, 7) is 0. The number of carbonyl (C=O) groups excluding carboxylic acids is 2. The van der Waals surface area contributed by atoms with Crippen molar-refractivity contribution in [3.8, 4) is 0 Å². The molecule has 2 aromatic carbocycles. The number of amides is 2. The first kappa shape index (κ1) is 19.4. The number of fused-ring (bicyclic) bond motifs is 1. The van der Waals surface area contributed by atoms with E-state index in [0.717, 1.165) is 0 Å². The number of aliphatic hydroxyl groups is 1. The summed E-state index contributed by atoms with van der Waals surface area (Å²) in [6.07, 6.45) is 1.15. The van der Waals surface area contributed by atoms with Crippen LogP contribution in [0.3, 0.4) is 0 Å². The monoisotopic (exact) mass is 466 g/mol. The smallest absolute Gasteiger partial charge is 0.252 e. The Kier molecular flexibility index (Phi) is 5.16. The number of rotatable bonds is 3. The maximum Gasteiger partial charge on any atom is 0.252 e. The number of aliphatic hydroxyl groups excluding tert-OH is 1. The van der Waals surface area contributed by atoms with E-state index < -0.39 is 18.0 Å². The van der Waals surface area contributed by atoms with Crippen molar-refractivity contribution in [3.63, 3.8) is 0 Å². The summed E-state index contributed by atoms with van der Waals surface area (Å²) in [6, 6.07) is 6.66. The minimum absolute atomic E-state index is 0.208. The van der Waals surface area contributed by atoms with Crippen LogP contribution in [-0.4, -0.2) is 23.0 Å². The lowest BCUT2D eigenvalue weighted by atomic mass is 9.96. The van der Waals surface area contributed by atoms with Gasteiger partial charge in [0.1, 0.15) is 5.82 Å². The van der Waals surface area contributed by atoms with Gasteiger partial charge in [-0.2, -0.15) is 0 Å². The van der Waals surface area contributed by atoms with Crippen molar-refractivity contribution < 1.29 is 19.1 Å². The molecule has 1 aliphatic heterocycles. The lowest BCUT2D eigenvalue weighted by Gasteiger charge is -2.19. The molecule has 3 atom stereocenters. The van der Waals surface area contributed by atoms with E-state index in [2.05, 4.69) is 26.6 Å². The average molecular weight is 468 g/mol. The van der Waals surface area contributed by atoms with Crippen LogP contribution in [0.2, 0.25) is 5.02 Å². The molecule has 28 heavy (non-hydrogen) atoms. The van der Waals surface area contributed by atoms with Gasteiger partial charge in [0, 0.05) is 37.8 Å². The van der Waals surface area contributed by atoms with E-state index in [4.69, 9.17) is 11.6 Å². The van der Waals surface area contributed by atoms with Crippen molar-refractivity contribution in [3.05, 3.63) is 62.3 Å². The first-order valence-corrected chi connectivity index (χ1v) is 10.1. The van der Waals surface area contributed by atoms with Gasteiger partial charge in [0.15, 0.2) is 0 Å². The fourth-order valence-corrected chi connectivity index (χ4v) is 4.59. The molecule has 146 valence electrons. The number of carbonyl (C=O) groups is 2. The molecule has 8 heteroatoms. The molecule has 3 N–H and O–H groups in total. The normalized spacial score (nSPS) is 23.4. The molecule has 0 unspecified atom stereocenters. The third kappa shape index (κ3) is 3.54. The summed E-state index contributed by atoms with van der Waals surface area (Å²) in [4.78, 5) is 25.2. The van der Waals surface area contributed by atoms with E-state index in [1.807, 2.05) is 0 Å². The second-order valence-electron chi connectivity index (χ2n) is 7.14. The Balaban J connectivity index is 1.75. The zero-order chi connectivity index (χ0) is 20.0. The first-order chi connectivity index (χ1) is 13.3. The molecule has 1 fully saturated rings. The lowest BCUT2D eigenvalue weighted by molar-refractivity contribution is -0.119. The van der Waals surface area contributed by atoms with Crippen molar-refractivity contribution in [2.24, 2.45) is 5.92 Å². The fraction of sp³-hybridized carbons (Fsp3) is 0.300. The third-order valence-electron chi connectivity index (χ3n) is 5.26. The van der Waals surface area contributed by atoms with Crippen LogP contribution in [0.1, 0.15) is 46.8 Å². The number of anilines is 1. The van der Waals surface area contributed by atoms with E-state index >= 15 is 0 Å².